The van der Waals surface area contributed by atoms with E-state index in [1.54, 1.807) is 35.1 Å². The van der Waals surface area contributed by atoms with E-state index in [9.17, 15) is 4.79 Å². The van der Waals surface area contributed by atoms with Gasteiger partial charge in [0, 0.05) is 18.8 Å². The average Bonchev–Trinajstić information content (AvgIpc) is 2.85. The molecule has 0 unspecified atom stereocenters. The summed E-state index contributed by atoms with van der Waals surface area (Å²) in [5.41, 5.74) is 2.61. The lowest BCUT2D eigenvalue weighted by molar-refractivity contribution is 0.102. The Hall–Kier alpha value is -2.58. The number of amides is 1. The molecule has 2 rings (SSSR count). The molecule has 1 heterocycles. The number of nitrogens with one attached hydrogen (secondary N) is 1. The Morgan fingerprint density at radius 3 is 2.90 bits per heavy atom. The molecule has 0 aliphatic heterocycles. The van der Waals surface area contributed by atoms with Gasteiger partial charge in [-0.2, -0.15) is 5.10 Å². The molecule has 0 fully saturated rings. The number of hydrogen-bond acceptors (Lipinski definition) is 3. The molecule has 2 aromatic rings. The van der Waals surface area contributed by atoms with Gasteiger partial charge >= 0.3 is 0 Å². The number of aliphatic hydroxyl groups excluding tert-OH is 1. The lowest BCUT2D eigenvalue weighted by Crippen LogP contribution is -2.14. The number of hydrogen-bond donors (Lipinski definition) is 2. The van der Waals surface area contributed by atoms with Gasteiger partial charge in [-0.1, -0.05) is 30.9 Å². The number of anilines is 1. The molecule has 0 atom stereocenters. The van der Waals surface area contributed by atoms with E-state index in [-0.39, 0.29) is 12.5 Å². The summed E-state index contributed by atoms with van der Waals surface area (Å²) >= 11 is 0. The second kappa shape index (κ2) is 6.73. The van der Waals surface area contributed by atoms with Crippen molar-refractivity contribution in [3.05, 3.63) is 47.3 Å². The largest absolute Gasteiger partial charge is 0.384 e. The molecule has 1 aromatic heterocycles. The Kier molecular flexibility index (Phi) is 4.75. The highest BCUT2D eigenvalue weighted by Crippen LogP contribution is 2.16. The second-order valence-corrected chi connectivity index (χ2v) is 4.48. The zero-order valence-electron chi connectivity index (χ0n) is 12.1. The minimum atomic E-state index is -0.238. The average molecular weight is 283 g/mol. The van der Waals surface area contributed by atoms with Crippen LogP contribution in [0.25, 0.3) is 0 Å². The summed E-state index contributed by atoms with van der Waals surface area (Å²) in [4.78, 5) is 12.4. The van der Waals surface area contributed by atoms with Gasteiger partial charge in [0.05, 0.1) is 16.9 Å². The predicted molar refractivity (Wildman–Crippen MR) is 80.9 cm³/mol. The van der Waals surface area contributed by atoms with Crippen LogP contribution in [0.3, 0.4) is 0 Å². The van der Waals surface area contributed by atoms with Gasteiger partial charge in [0.15, 0.2) is 0 Å². The van der Waals surface area contributed by atoms with Crippen molar-refractivity contribution in [3.8, 4) is 11.8 Å². The number of carbonyl (C=O) groups excluding carboxylic acids is 1. The number of rotatable bonds is 3. The zero-order chi connectivity index (χ0) is 15.2. The molecule has 0 bridgehead atoms. The van der Waals surface area contributed by atoms with Crippen LogP contribution in [0, 0.1) is 11.8 Å². The highest BCUT2D eigenvalue weighted by atomic mass is 16.2. The predicted octanol–water partition coefficient (Wildman–Crippen LogP) is 1.58. The van der Waals surface area contributed by atoms with E-state index in [2.05, 4.69) is 22.3 Å². The molecule has 0 radical (unpaired) electrons. The molecular formula is C16H17N3O2. The molecule has 108 valence electrons. The molecule has 1 amide bonds. The van der Waals surface area contributed by atoms with Gasteiger partial charge in [-0.25, -0.2) is 0 Å². The SMILES string of the molecule is CCc1nn(C)cc1NC(=O)c1ccccc1C#CCO. The van der Waals surface area contributed by atoms with Crippen LogP contribution in [0.4, 0.5) is 5.69 Å². The van der Waals surface area contributed by atoms with E-state index in [1.807, 2.05) is 14.0 Å². The maximum atomic E-state index is 12.4. The second-order valence-electron chi connectivity index (χ2n) is 4.48. The molecule has 0 aliphatic rings. The fourth-order valence-corrected chi connectivity index (χ4v) is 2.01. The number of carbonyl (C=O) groups is 1. The quantitative estimate of drug-likeness (QED) is 0.840. The fourth-order valence-electron chi connectivity index (χ4n) is 2.01. The van der Waals surface area contributed by atoms with Crippen LogP contribution in [-0.2, 0) is 13.5 Å². The fraction of sp³-hybridized carbons (Fsp3) is 0.250. The molecule has 0 aliphatic carbocycles. The summed E-state index contributed by atoms with van der Waals surface area (Å²) in [5.74, 6) is 5.11. The topological polar surface area (TPSA) is 67.2 Å². The number of aromatic nitrogens is 2. The first-order valence-corrected chi connectivity index (χ1v) is 6.68. The van der Waals surface area contributed by atoms with Crippen molar-refractivity contribution in [1.29, 1.82) is 0 Å². The standard InChI is InChI=1S/C16H17N3O2/c1-3-14-15(11-19(2)18-14)17-16(21)13-9-5-4-7-12(13)8-6-10-20/h4-5,7,9,11,20H,3,10H2,1-2H3,(H,17,21). The van der Waals surface area contributed by atoms with E-state index in [0.717, 1.165) is 12.1 Å². The van der Waals surface area contributed by atoms with Crippen LogP contribution in [0.1, 0.15) is 28.5 Å². The lowest BCUT2D eigenvalue weighted by atomic mass is 10.1. The molecule has 1 aromatic carbocycles. The summed E-state index contributed by atoms with van der Waals surface area (Å²) in [6, 6.07) is 7.04. The highest BCUT2D eigenvalue weighted by Gasteiger charge is 2.13. The lowest BCUT2D eigenvalue weighted by Gasteiger charge is -2.06. The zero-order valence-corrected chi connectivity index (χ0v) is 12.1. The molecule has 2 N–H and O–H groups in total. The molecule has 0 spiro atoms. The van der Waals surface area contributed by atoms with Gasteiger partial charge in [-0.15, -0.1) is 0 Å². The van der Waals surface area contributed by atoms with Crippen LogP contribution in [0.2, 0.25) is 0 Å². The smallest absolute Gasteiger partial charge is 0.257 e. The minimum absolute atomic E-state index is 0.236. The normalized spacial score (nSPS) is 9.86. The summed E-state index contributed by atoms with van der Waals surface area (Å²) in [5, 5.41) is 15.9. The first-order chi connectivity index (χ1) is 10.2. The Labute approximate surface area is 123 Å². The van der Waals surface area contributed by atoms with Gasteiger partial charge in [-0.05, 0) is 18.6 Å². The van der Waals surface area contributed by atoms with Gasteiger partial charge in [-0.3, -0.25) is 9.48 Å². The Morgan fingerprint density at radius 2 is 2.19 bits per heavy atom. The Bertz CT molecular complexity index is 708. The van der Waals surface area contributed by atoms with Crippen LogP contribution in [0.15, 0.2) is 30.5 Å². The van der Waals surface area contributed by atoms with Crippen molar-refractivity contribution in [2.24, 2.45) is 7.05 Å². The number of aliphatic hydroxyl groups is 1. The van der Waals surface area contributed by atoms with Crippen molar-refractivity contribution < 1.29 is 9.90 Å². The van der Waals surface area contributed by atoms with E-state index >= 15 is 0 Å². The van der Waals surface area contributed by atoms with E-state index in [0.29, 0.717) is 16.8 Å². The van der Waals surface area contributed by atoms with Gasteiger partial charge in [0.2, 0.25) is 0 Å². The van der Waals surface area contributed by atoms with Crippen molar-refractivity contribution in [3.63, 3.8) is 0 Å². The van der Waals surface area contributed by atoms with Crippen LogP contribution in [-0.4, -0.2) is 27.4 Å². The minimum Gasteiger partial charge on any atom is -0.384 e. The third-order valence-electron chi connectivity index (χ3n) is 2.96. The van der Waals surface area contributed by atoms with Crippen LogP contribution < -0.4 is 5.32 Å². The van der Waals surface area contributed by atoms with E-state index in [4.69, 9.17) is 5.11 Å². The number of benzene rings is 1. The summed E-state index contributed by atoms with van der Waals surface area (Å²) in [7, 11) is 1.81. The number of aryl methyl sites for hydroxylation is 2. The molecule has 0 saturated carbocycles. The summed E-state index contributed by atoms with van der Waals surface area (Å²) in [6.45, 7) is 1.75. The van der Waals surface area contributed by atoms with E-state index < -0.39 is 0 Å². The summed E-state index contributed by atoms with van der Waals surface area (Å²) in [6.07, 6.45) is 2.52. The monoisotopic (exact) mass is 283 g/mol. The molecule has 5 nitrogen and oxygen atoms in total. The first-order valence-electron chi connectivity index (χ1n) is 6.68. The maximum absolute atomic E-state index is 12.4. The Balaban J connectivity index is 2.28. The van der Waals surface area contributed by atoms with Crippen LogP contribution in [0.5, 0.6) is 0 Å². The molecular weight excluding hydrogens is 266 g/mol. The maximum Gasteiger partial charge on any atom is 0.257 e. The summed E-state index contributed by atoms with van der Waals surface area (Å²) < 4.78 is 1.67. The van der Waals surface area contributed by atoms with Gasteiger partial charge in [0.25, 0.3) is 5.91 Å². The van der Waals surface area contributed by atoms with E-state index in [1.165, 1.54) is 0 Å². The molecule has 5 heteroatoms. The van der Waals surface area contributed by atoms with Crippen molar-refractivity contribution in [2.45, 2.75) is 13.3 Å². The van der Waals surface area contributed by atoms with Gasteiger partial charge < -0.3 is 10.4 Å². The highest BCUT2D eigenvalue weighted by molar-refractivity contribution is 6.06. The third-order valence-corrected chi connectivity index (χ3v) is 2.96. The molecule has 21 heavy (non-hydrogen) atoms. The Morgan fingerprint density at radius 1 is 1.43 bits per heavy atom. The molecule has 0 saturated heterocycles. The van der Waals surface area contributed by atoms with Gasteiger partial charge in [0.1, 0.15) is 6.61 Å². The van der Waals surface area contributed by atoms with Crippen molar-refractivity contribution in [1.82, 2.24) is 9.78 Å². The number of nitrogens with zero attached hydrogens (tertiary/aromatic N) is 2. The van der Waals surface area contributed by atoms with Crippen molar-refractivity contribution in [2.75, 3.05) is 11.9 Å². The first kappa shape index (κ1) is 14.8. The third kappa shape index (κ3) is 3.50. The van der Waals surface area contributed by atoms with Crippen molar-refractivity contribution >= 4 is 11.6 Å². The van der Waals surface area contributed by atoms with Crippen LogP contribution >= 0.6 is 0 Å².